The number of furan rings is 1. The van der Waals surface area contributed by atoms with Crippen LogP contribution in [0, 0.1) is 0 Å². The number of hydrogen-bond acceptors (Lipinski definition) is 4. The van der Waals surface area contributed by atoms with Crippen LogP contribution in [0.4, 0.5) is 0 Å². The van der Waals surface area contributed by atoms with E-state index < -0.39 is 0 Å². The first-order valence-corrected chi connectivity index (χ1v) is 17.6. The quantitative estimate of drug-likeness (QED) is 0.178. The number of thiophene rings is 1. The smallest absolute Gasteiger partial charge is 0.246 e. The van der Waals surface area contributed by atoms with E-state index in [9.17, 15) is 0 Å². The standard InChI is InChI=1S/C46H26N2OS/c1-2-13-32-27(8-1)18-19-35-34(32)20-21-38-36(35)22-23-41-43(38)44-46(49-41)48-40(26-47-44)31-12-6-10-29(25-31)28-9-5-11-30(24-28)33-15-7-16-39-37-14-3-4-17-42(37)50-45(33)39/h1-26H. The Balaban J connectivity index is 0.998. The lowest BCUT2D eigenvalue weighted by Crippen LogP contribution is -1.88. The van der Waals surface area contributed by atoms with Gasteiger partial charge < -0.3 is 4.42 Å². The van der Waals surface area contributed by atoms with E-state index in [2.05, 4.69) is 152 Å². The summed E-state index contributed by atoms with van der Waals surface area (Å²) in [7, 11) is 0. The van der Waals surface area contributed by atoms with E-state index in [0.717, 1.165) is 44.3 Å². The number of rotatable bonds is 3. The molecule has 8 aromatic carbocycles. The summed E-state index contributed by atoms with van der Waals surface area (Å²) in [6, 6.07) is 54.3. The molecule has 0 unspecified atom stereocenters. The molecule has 0 atom stereocenters. The van der Waals surface area contributed by atoms with E-state index in [-0.39, 0.29) is 0 Å². The fourth-order valence-electron chi connectivity index (χ4n) is 7.77. The largest absolute Gasteiger partial charge is 0.436 e. The van der Waals surface area contributed by atoms with Gasteiger partial charge in [-0.25, -0.2) is 9.97 Å². The number of benzene rings is 8. The topological polar surface area (TPSA) is 38.9 Å². The van der Waals surface area contributed by atoms with Gasteiger partial charge in [0.25, 0.3) is 0 Å². The molecule has 0 amide bonds. The van der Waals surface area contributed by atoms with Crippen LogP contribution in [0.1, 0.15) is 0 Å². The van der Waals surface area contributed by atoms with Crippen LogP contribution in [-0.2, 0) is 0 Å². The third-order valence-corrected chi connectivity index (χ3v) is 11.4. The van der Waals surface area contributed by atoms with Crippen molar-refractivity contribution in [1.82, 2.24) is 9.97 Å². The van der Waals surface area contributed by atoms with Crippen molar-refractivity contribution in [3.63, 3.8) is 0 Å². The van der Waals surface area contributed by atoms with Gasteiger partial charge in [0.15, 0.2) is 0 Å². The lowest BCUT2D eigenvalue weighted by atomic mass is 9.95. The molecule has 232 valence electrons. The highest BCUT2D eigenvalue weighted by Crippen LogP contribution is 2.41. The molecule has 0 radical (unpaired) electrons. The van der Waals surface area contributed by atoms with Gasteiger partial charge in [-0.1, -0.05) is 127 Å². The zero-order chi connectivity index (χ0) is 32.8. The van der Waals surface area contributed by atoms with Gasteiger partial charge in [0.1, 0.15) is 11.1 Å². The van der Waals surface area contributed by atoms with Gasteiger partial charge in [-0.15, -0.1) is 11.3 Å². The van der Waals surface area contributed by atoms with Crippen molar-refractivity contribution < 1.29 is 4.42 Å². The van der Waals surface area contributed by atoms with E-state index >= 15 is 0 Å². The van der Waals surface area contributed by atoms with Crippen LogP contribution in [0.15, 0.2) is 162 Å². The Bertz CT molecular complexity index is 3170. The maximum atomic E-state index is 6.37. The molecule has 0 aliphatic carbocycles. The second-order valence-electron chi connectivity index (χ2n) is 12.9. The fourth-order valence-corrected chi connectivity index (χ4v) is 9.01. The zero-order valence-electron chi connectivity index (χ0n) is 26.7. The minimum atomic E-state index is 0.549. The van der Waals surface area contributed by atoms with Gasteiger partial charge in [-0.3, -0.25) is 0 Å². The van der Waals surface area contributed by atoms with Crippen molar-refractivity contribution in [2.24, 2.45) is 0 Å². The van der Waals surface area contributed by atoms with Gasteiger partial charge in [0.2, 0.25) is 5.71 Å². The Morgan fingerprint density at radius 1 is 0.480 bits per heavy atom. The summed E-state index contributed by atoms with van der Waals surface area (Å²) in [5, 5.41) is 10.9. The number of fused-ring (bicyclic) bond motifs is 12. The van der Waals surface area contributed by atoms with Gasteiger partial charge in [0, 0.05) is 25.7 Å². The Labute approximate surface area is 290 Å². The van der Waals surface area contributed by atoms with Gasteiger partial charge in [-0.2, -0.15) is 0 Å². The van der Waals surface area contributed by atoms with Crippen LogP contribution in [0.3, 0.4) is 0 Å². The van der Waals surface area contributed by atoms with E-state index in [1.807, 2.05) is 17.5 Å². The molecule has 0 saturated heterocycles. The molecule has 0 aliphatic rings. The zero-order valence-corrected chi connectivity index (χ0v) is 27.5. The molecule has 3 aromatic heterocycles. The second-order valence-corrected chi connectivity index (χ2v) is 14.0. The molecule has 0 bridgehead atoms. The minimum Gasteiger partial charge on any atom is -0.436 e. The van der Waals surface area contributed by atoms with Crippen molar-refractivity contribution in [3.8, 4) is 33.5 Å². The van der Waals surface area contributed by atoms with E-state index in [1.165, 1.54) is 58.2 Å². The number of hydrogen-bond donors (Lipinski definition) is 0. The summed E-state index contributed by atoms with van der Waals surface area (Å²) in [6.07, 6.45) is 1.88. The molecule has 11 aromatic rings. The molecule has 50 heavy (non-hydrogen) atoms. The highest BCUT2D eigenvalue weighted by Gasteiger charge is 2.17. The molecule has 3 nitrogen and oxygen atoms in total. The van der Waals surface area contributed by atoms with Gasteiger partial charge >= 0.3 is 0 Å². The monoisotopic (exact) mass is 654 g/mol. The third-order valence-electron chi connectivity index (χ3n) is 10.1. The predicted octanol–water partition coefficient (Wildman–Crippen LogP) is 13.2. The summed E-state index contributed by atoms with van der Waals surface area (Å²) in [4.78, 5) is 9.99. The summed E-state index contributed by atoms with van der Waals surface area (Å²) in [5.41, 5.74) is 8.67. The molecule has 0 aliphatic heterocycles. The van der Waals surface area contributed by atoms with Crippen LogP contribution >= 0.6 is 11.3 Å². The number of aromatic nitrogens is 2. The van der Waals surface area contributed by atoms with Crippen molar-refractivity contribution in [3.05, 3.63) is 158 Å². The molecule has 11 rings (SSSR count). The molecule has 4 heteroatoms. The molecule has 0 fully saturated rings. The SMILES string of the molecule is c1cc(-c2cccc(-c3cccc4c3sc3ccccc34)c2)cc(-c2cnc3c(n2)oc2ccc4c5ccc6ccccc6c5ccc4c23)c1. The number of nitrogens with zero attached hydrogens (tertiary/aromatic N) is 2. The first-order chi connectivity index (χ1) is 24.8. The molecule has 0 N–H and O–H groups in total. The molecular weight excluding hydrogens is 629 g/mol. The third kappa shape index (κ3) is 4.09. The highest BCUT2D eigenvalue weighted by molar-refractivity contribution is 7.26. The van der Waals surface area contributed by atoms with E-state index in [0.29, 0.717) is 5.71 Å². The maximum absolute atomic E-state index is 6.37. The van der Waals surface area contributed by atoms with E-state index in [1.54, 1.807) is 0 Å². The Kier molecular flexibility index (Phi) is 5.83. The van der Waals surface area contributed by atoms with Crippen molar-refractivity contribution >= 4 is 86.0 Å². The van der Waals surface area contributed by atoms with Crippen molar-refractivity contribution in [2.45, 2.75) is 0 Å². The van der Waals surface area contributed by atoms with Crippen LogP contribution < -0.4 is 0 Å². The molecule has 3 heterocycles. The van der Waals surface area contributed by atoms with Crippen LogP contribution in [0.2, 0.25) is 0 Å². The summed E-state index contributed by atoms with van der Waals surface area (Å²) >= 11 is 1.86. The van der Waals surface area contributed by atoms with Gasteiger partial charge in [0.05, 0.1) is 17.3 Å². The summed E-state index contributed by atoms with van der Waals surface area (Å²) < 4.78 is 9.01. The normalized spacial score (nSPS) is 12.0. The maximum Gasteiger partial charge on any atom is 0.246 e. The fraction of sp³-hybridized carbons (Fsp3) is 0. The average molecular weight is 655 g/mol. The van der Waals surface area contributed by atoms with Gasteiger partial charge in [-0.05, 0) is 78.8 Å². The first kappa shape index (κ1) is 27.6. The Hall–Kier alpha value is -6.36. The predicted molar refractivity (Wildman–Crippen MR) is 211 cm³/mol. The summed E-state index contributed by atoms with van der Waals surface area (Å²) in [6.45, 7) is 0. The molecular formula is C46H26N2OS. The van der Waals surface area contributed by atoms with E-state index in [4.69, 9.17) is 14.4 Å². The minimum absolute atomic E-state index is 0.549. The highest BCUT2D eigenvalue weighted by atomic mass is 32.1. The van der Waals surface area contributed by atoms with Crippen LogP contribution in [0.25, 0.3) is 108 Å². The molecule has 0 saturated carbocycles. The Morgan fingerprint density at radius 2 is 1.14 bits per heavy atom. The van der Waals surface area contributed by atoms with Crippen LogP contribution in [-0.4, -0.2) is 9.97 Å². The lowest BCUT2D eigenvalue weighted by Gasteiger charge is -2.09. The van der Waals surface area contributed by atoms with Crippen molar-refractivity contribution in [1.29, 1.82) is 0 Å². The van der Waals surface area contributed by atoms with Crippen molar-refractivity contribution in [2.75, 3.05) is 0 Å². The Morgan fingerprint density at radius 3 is 2.06 bits per heavy atom. The average Bonchev–Trinajstić information content (AvgIpc) is 3.76. The second kappa shape index (κ2) is 10.6. The lowest BCUT2D eigenvalue weighted by molar-refractivity contribution is 0.654. The van der Waals surface area contributed by atoms with Crippen LogP contribution in [0.5, 0.6) is 0 Å². The summed E-state index contributed by atoms with van der Waals surface area (Å²) in [5.74, 6) is 0. The molecule has 0 spiro atoms. The first-order valence-electron chi connectivity index (χ1n) is 16.8.